The number of carbonyl (C=O) groups excluding carboxylic acids is 1. The molecule has 1 unspecified atom stereocenters. The van der Waals surface area contributed by atoms with Crippen molar-refractivity contribution in [1.29, 1.82) is 0 Å². The molecule has 2 aliphatic rings. The number of piperazine rings is 1. The monoisotopic (exact) mass is 510 g/mol. The molecule has 2 heterocycles. The number of carbonyl (C=O) groups is 1. The van der Waals surface area contributed by atoms with Crippen LogP contribution in [0.2, 0.25) is 0 Å². The van der Waals surface area contributed by atoms with E-state index in [9.17, 15) is 17.8 Å². The number of aromatic nitrogens is 1. The molecule has 2 fully saturated rings. The second kappa shape index (κ2) is 10.1. The van der Waals surface area contributed by atoms with Crippen LogP contribution in [0.15, 0.2) is 72.3 Å². The lowest BCUT2D eigenvalue weighted by molar-refractivity contribution is 0.0530. The molecular formula is C27H28F2N4O2S. The highest BCUT2D eigenvalue weighted by Gasteiger charge is 2.33. The maximum Gasteiger partial charge on any atom is 0.293 e. The highest BCUT2D eigenvalue weighted by molar-refractivity contribution is 7.86. The number of nitrogens with zero attached hydrogens (tertiary/aromatic N) is 3. The fourth-order valence-electron chi connectivity index (χ4n) is 4.51. The van der Waals surface area contributed by atoms with Crippen LogP contribution in [-0.4, -0.2) is 57.6 Å². The second-order valence-electron chi connectivity index (χ2n) is 9.33. The standard InChI is InChI=1S/C27H28F2N4O2S/c1-2-27(28,29)22-17-21(26(34)33-15-13-32(14-16-33)18-19-8-9-19)10-11-23(22)31-36(35)24-7-3-5-20-6-4-12-30-25(20)24/h2-7,10-12,17,19,31H,1,8-9,13-16,18H2. The van der Waals surface area contributed by atoms with Gasteiger partial charge in [0.1, 0.15) is 0 Å². The van der Waals surface area contributed by atoms with Gasteiger partial charge in [-0.1, -0.05) is 24.8 Å². The summed E-state index contributed by atoms with van der Waals surface area (Å²) in [5.74, 6) is -2.93. The molecule has 1 saturated carbocycles. The van der Waals surface area contributed by atoms with Gasteiger partial charge in [-0.15, -0.1) is 0 Å². The Morgan fingerprint density at radius 3 is 2.61 bits per heavy atom. The van der Waals surface area contributed by atoms with Gasteiger partial charge in [-0.2, -0.15) is 8.78 Å². The molecule has 1 aliphatic carbocycles. The zero-order valence-electron chi connectivity index (χ0n) is 19.8. The van der Waals surface area contributed by atoms with Gasteiger partial charge >= 0.3 is 0 Å². The number of pyridine rings is 1. The topological polar surface area (TPSA) is 65.5 Å². The molecule has 1 aromatic heterocycles. The highest BCUT2D eigenvalue weighted by atomic mass is 32.2. The third kappa shape index (κ3) is 5.17. The summed E-state index contributed by atoms with van der Waals surface area (Å²) in [5, 5.41) is 0.792. The first-order valence-corrected chi connectivity index (χ1v) is 13.2. The Morgan fingerprint density at radius 2 is 1.89 bits per heavy atom. The maximum atomic E-state index is 14.9. The molecule has 0 radical (unpaired) electrons. The average molecular weight is 511 g/mol. The number of rotatable bonds is 8. The summed E-state index contributed by atoms with van der Waals surface area (Å²) < 4.78 is 45.7. The molecule has 6 nitrogen and oxygen atoms in total. The average Bonchev–Trinajstić information content (AvgIpc) is 3.72. The van der Waals surface area contributed by atoms with Crippen LogP contribution in [0.5, 0.6) is 0 Å². The maximum absolute atomic E-state index is 14.9. The predicted octanol–water partition coefficient (Wildman–Crippen LogP) is 4.82. The molecule has 1 amide bonds. The minimum absolute atomic E-state index is 0.0306. The summed E-state index contributed by atoms with van der Waals surface area (Å²) in [6, 6.07) is 12.9. The lowest BCUT2D eigenvalue weighted by atomic mass is 10.0. The van der Waals surface area contributed by atoms with E-state index in [0.717, 1.165) is 30.9 Å². The van der Waals surface area contributed by atoms with Crippen molar-refractivity contribution in [3.63, 3.8) is 0 Å². The molecular weight excluding hydrogens is 482 g/mol. The van der Waals surface area contributed by atoms with E-state index in [4.69, 9.17) is 0 Å². The lowest BCUT2D eigenvalue weighted by Gasteiger charge is -2.35. The van der Waals surface area contributed by atoms with Crippen LogP contribution in [0.1, 0.15) is 28.8 Å². The van der Waals surface area contributed by atoms with E-state index in [0.29, 0.717) is 29.6 Å². The van der Waals surface area contributed by atoms with Crippen LogP contribution < -0.4 is 4.72 Å². The number of fused-ring (bicyclic) bond motifs is 1. The Labute approximate surface area is 211 Å². The van der Waals surface area contributed by atoms with Crippen LogP contribution in [0.3, 0.4) is 0 Å². The fraction of sp³-hybridized carbons (Fsp3) is 0.333. The molecule has 1 atom stereocenters. The van der Waals surface area contributed by atoms with Gasteiger partial charge in [-0.3, -0.25) is 14.7 Å². The first-order valence-electron chi connectivity index (χ1n) is 12.1. The summed E-state index contributed by atoms with van der Waals surface area (Å²) in [6.07, 6.45) is 4.68. The number of benzene rings is 2. The van der Waals surface area contributed by atoms with Gasteiger partial charge in [0.25, 0.3) is 11.8 Å². The largest absolute Gasteiger partial charge is 0.336 e. The number of alkyl halides is 2. The number of anilines is 1. The van der Waals surface area contributed by atoms with Crippen LogP contribution in [-0.2, 0) is 16.9 Å². The summed E-state index contributed by atoms with van der Waals surface area (Å²) >= 11 is 0. The number of para-hydroxylation sites is 1. The second-order valence-corrected chi connectivity index (χ2v) is 10.5. The molecule has 188 valence electrons. The zero-order chi connectivity index (χ0) is 25.3. The number of halogens is 2. The van der Waals surface area contributed by atoms with E-state index < -0.39 is 22.5 Å². The van der Waals surface area contributed by atoms with E-state index in [-0.39, 0.29) is 17.2 Å². The van der Waals surface area contributed by atoms with Crippen molar-refractivity contribution in [2.75, 3.05) is 37.4 Å². The third-order valence-electron chi connectivity index (χ3n) is 6.75. The van der Waals surface area contributed by atoms with Crippen molar-refractivity contribution < 1.29 is 17.8 Å². The molecule has 0 bridgehead atoms. The number of nitrogens with one attached hydrogen (secondary N) is 1. The van der Waals surface area contributed by atoms with Crippen LogP contribution in [0, 0.1) is 5.92 Å². The highest BCUT2D eigenvalue weighted by Crippen LogP contribution is 2.36. The summed E-state index contributed by atoms with van der Waals surface area (Å²) in [7, 11) is -1.86. The van der Waals surface area contributed by atoms with Crippen LogP contribution >= 0.6 is 0 Å². The van der Waals surface area contributed by atoms with Crippen molar-refractivity contribution in [1.82, 2.24) is 14.8 Å². The summed E-state index contributed by atoms with van der Waals surface area (Å²) in [6.45, 7) is 7.04. The van der Waals surface area contributed by atoms with Gasteiger partial charge in [0.2, 0.25) is 0 Å². The van der Waals surface area contributed by atoms with Gasteiger partial charge in [0.05, 0.1) is 16.1 Å². The molecule has 36 heavy (non-hydrogen) atoms. The summed E-state index contributed by atoms with van der Waals surface area (Å²) in [5.41, 5.74) is 0.218. The SMILES string of the molecule is C=CC(F)(F)c1cc(C(=O)N2CCN(CC3CC3)CC2)ccc1NS(=O)c1cccc2cccnc12. The van der Waals surface area contributed by atoms with Crippen LogP contribution in [0.4, 0.5) is 14.5 Å². The zero-order valence-corrected chi connectivity index (χ0v) is 20.6. The lowest BCUT2D eigenvalue weighted by Crippen LogP contribution is -2.49. The van der Waals surface area contributed by atoms with E-state index in [1.54, 1.807) is 29.3 Å². The van der Waals surface area contributed by atoms with E-state index in [2.05, 4.69) is 21.2 Å². The van der Waals surface area contributed by atoms with Crippen molar-refractivity contribution >= 4 is 33.5 Å². The van der Waals surface area contributed by atoms with Gasteiger partial charge in [0, 0.05) is 55.4 Å². The van der Waals surface area contributed by atoms with Crippen molar-refractivity contribution in [2.24, 2.45) is 5.92 Å². The Kier molecular flexibility index (Phi) is 6.85. The minimum atomic E-state index is -3.43. The van der Waals surface area contributed by atoms with Crippen molar-refractivity contribution in [3.8, 4) is 0 Å². The van der Waals surface area contributed by atoms with Crippen molar-refractivity contribution in [3.05, 3.63) is 78.5 Å². The molecule has 2 aromatic carbocycles. The van der Waals surface area contributed by atoms with Gasteiger partial charge in [0.15, 0.2) is 11.0 Å². The van der Waals surface area contributed by atoms with E-state index in [1.807, 2.05) is 12.1 Å². The molecule has 1 N–H and O–H groups in total. The Bertz CT molecular complexity index is 1310. The van der Waals surface area contributed by atoms with E-state index in [1.165, 1.54) is 31.0 Å². The Balaban J connectivity index is 1.38. The summed E-state index contributed by atoms with van der Waals surface area (Å²) in [4.78, 5) is 21.9. The smallest absolute Gasteiger partial charge is 0.293 e. The molecule has 1 aliphatic heterocycles. The van der Waals surface area contributed by atoms with Gasteiger partial charge < -0.3 is 9.62 Å². The third-order valence-corrected chi connectivity index (χ3v) is 7.89. The molecule has 1 saturated heterocycles. The number of amides is 1. The first-order chi connectivity index (χ1) is 17.4. The van der Waals surface area contributed by atoms with E-state index >= 15 is 0 Å². The quantitative estimate of drug-likeness (QED) is 0.442. The van der Waals surface area contributed by atoms with Gasteiger partial charge in [-0.05, 0) is 55.2 Å². The fourth-order valence-corrected chi connectivity index (χ4v) is 5.55. The molecule has 9 heteroatoms. The Morgan fingerprint density at radius 1 is 1.14 bits per heavy atom. The number of allylic oxidation sites excluding steroid dienone is 1. The molecule has 0 spiro atoms. The molecule has 5 rings (SSSR count). The normalized spacial score (nSPS) is 17.7. The predicted molar refractivity (Wildman–Crippen MR) is 137 cm³/mol. The molecule has 3 aromatic rings. The minimum Gasteiger partial charge on any atom is -0.336 e. The van der Waals surface area contributed by atoms with Crippen LogP contribution in [0.25, 0.3) is 10.9 Å². The number of hydrogen-bond donors (Lipinski definition) is 1. The Hall–Kier alpha value is -3.17. The van der Waals surface area contributed by atoms with Gasteiger partial charge in [-0.25, -0.2) is 4.21 Å². The van der Waals surface area contributed by atoms with Crippen molar-refractivity contribution in [2.45, 2.75) is 23.7 Å². The first kappa shape index (κ1) is 24.5. The number of hydrogen-bond acceptors (Lipinski definition) is 4.